The minimum Gasteiger partial charge on any atom is -0.481 e. The normalized spacial score (nSPS) is 22.0. The van der Waals surface area contributed by atoms with Crippen LogP contribution < -0.4 is 4.74 Å². The second-order valence-electron chi connectivity index (χ2n) is 6.10. The van der Waals surface area contributed by atoms with Gasteiger partial charge in [-0.05, 0) is 38.0 Å². The van der Waals surface area contributed by atoms with Crippen molar-refractivity contribution in [3.63, 3.8) is 0 Å². The number of carboxylic acids is 1. The lowest BCUT2D eigenvalue weighted by molar-refractivity contribution is -0.160. The number of piperidine rings is 1. The minimum absolute atomic E-state index is 0.0790. The van der Waals surface area contributed by atoms with Gasteiger partial charge in [-0.25, -0.2) is 0 Å². The molecule has 0 bridgehead atoms. The summed E-state index contributed by atoms with van der Waals surface area (Å²) in [4.78, 5) is 25.9. The smallest absolute Gasteiger partial charge is 0.313 e. The highest BCUT2D eigenvalue weighted by Gasteiger charge is 2.44. The van der Waals surface area contributed by atoms with E-state index in [0.29, 0.717) is 30.2 Å². The molecule has 1 aromatic rings. The number of carbonyl (C=O) groups excluding carboxylic acids is 1. The number of hydrogen-bond donors (Lipinski definition) is 1. The van der Waals surface area contributed by atoms with Crippen LogP contribution in [0.3, 0.4) is 0 Å². The zero-order valence-electron chi connectivity index (χ0n) is 13.8. The molecule has 1 N–H and O–H groups in total. The number of benzene rings is 1. The molecule has 0 spiro atoms. The minimum atomic E-state index is -1.06. The van der Waals surface area contributed by atoms with Crippen LogP contribution in [0.4, 0.5) is 0 Å². The molecule has 0 saturated carbocycles. The predicted octanol–water partition coefficient (Wildman–Crippen LogP) is 2.45. The standard InChI is InChI=1S/C17H22ClNO5/c1-12(24-14-6-3-5-13(18)9-14)15(20)19-8-4-7-17(10-19,11-23-2)16(21)22/h3,5-6,9,12H,4,7-8,10-11H2,1-2H3,(H,21,22). The number of halogens is 1. The Hall–Kier alpha value is -1.79. The third-order valence-corrected chi connectivity index (χ3v) is 4.45. The number of carboxylic acid groups (broad SMARTS) is 1. The molecule has 24 heavy (non-hydrogen) atoms. The number of methoxy groups -OCH3 is 1. The summed E-state index contributed by atoms with van der Waals surface area (Å²) in [5.74, 6) is -0.677. The fourth-order valence-electron chi connectivity index (χ4n) is 3.00. The Morgan fingerprint density at radius 1 is 1.46 bits per heavy atom. The van der Waals surface area contributed by atoms with Crippen molar-refractivity contribution in [2.45, 2.75) is 25.9 Å². The molecule has 1 amide bonds. The van der Waals surface area contributed by atoms with Gasteiger partial charge in [-0.1, -0.05) is 17.7 Å². The van der Waals surface area contributed by atoms with Crippen LogP contribution in [0.2, 0.25) is 5.02 Å². The van der Waals surface area contributed by atoms with Crippen molar-refractivity contribution < 1.29 is 24.2 Å². The second kappa shape index (κ2) is 7.85. The van der Waals surface area contributed by atoms with Crippen molar-refractivity contribution >= 4 is 23.5 Å². The Kier molecular flexibility index (Phi) is 6.07. The van der Waals surface area contributed by atoms with Gasteiger partial charge in [0.1, 0.15) is 11.2 Å². The average molecular weight is 356 g/mol. The number of nitrogens with zero attached hydrogens (tertiary/aromatic N) is 1. The van der Waals surface area contributed by atoms with Gasteiger partial charge in [-0.3, -0.25) is 9.59 Å². The number of ether oxygens (including phenoxy) is 2. The number of aliphatic carboxylic acids is 1. The summed E-state index contributed by atoms with van der Waals surface area (Å²) in [6.07, 6.45) is 0.380. The Balaban J connectivity index is 2.06. The van der Waals surface area contributed by atoms with Gasteiger partial charge in [-0.2, -0.15) is 0 Å². The Morgan fingerprint density at radius 2 is 2.21 bits per heavy atom. The van der Waals surface area contributed by atoms with Crippen LogP contribution in [0.5, 0.6) is 5.75 Å². The van der Waals surface area contributed by atoms with E-state index < -0.39 is 17.5 Å². The summed E-state index contributed by atoms with van der Waals surface area (Å²) in [5, 5.41) is 10.1. The maximum atomic E-state index is 12.6. The zero-order valence-corrected chi connectivity index (χ0v) is 14.6. The van der Waals surface area contributed by atoms with Gasteiger partial charge in [0.2, 0.25) is 0 Å². The fourth-order valence-corrected chi connectivity index (χ4v) is 3.18. The monoisotopic (exact) mass is 355 g/mol. The number of rotatable bonds is 6. The van der Waals surface area contributed by atoms with E-state index in [4.69, 9.17) is 21.1 Å². The summed E-state index contributed by atoms with van der Waals surface area (Å²) in [6.45, 7) is 2.37. The quantitative estimate of drug-likeness (QED) is 0.848. The first-order chi connectivity index (χ1) is 11.4. The molecule has 1 aliphatic heterocycles. The topological polar surface area (TPSA) is 76.1 Å². The van der Waals surface area contributed by atoms with E-state index in [0.717, 1.165) is 0 Å². The second-order valence-corrected chi connectivity index (χ2v) is 6.54. The molecule has 132 valence electrons. The SMILES string of the molecule is COCC1(C(=O)O)CCCN(C(=O)C(C)Oc2cccc(Cl)c2)C1. The van der Waals surface area contributed by atoms with Gasteiger partial charge >= 0.3 is 5.97 Å². The summed E-state index contributed by atoms with van der Waals surface area (Å²) in [7, 11) is 1.47. The van der Waals surface area contributed by atoms with Crippen LogP contribution in [0.25, 0.3) is 0 Å². The largest absolute Gasteiger partial charge is 0.481 e. The van der Waals surface area contributed by atoms with Gasteiger partial charge in [-0.15, -0.1) is 0 Å². The van der Waals surface area contributed by atoms with Crippen LogP contribution in [-0.2, 0) is 14.3 Å². The third kappa shape index (κ3) is 4.19. The number of likely N-dealkylation sites (tertiary alicyclic amines) is 1. The van der Waals surface area contributed by atoms with Gasteiger partial charge in [0.05, 0.1) is 6.61 Å². The lowest BCUT2D eigenvalue weighted by Crippen LogP contribution is -2.54. The first-order valence-corrected chi connectivity index (χ1v) is 8.19. The molecule has 1 aliphatic rings. The molecule has 1 saturated heterocycles. The maximum absolute atomic E-state index is 12.6. The molecule has 7 heteroatoms. The van der Waals surface area contributed by atoms with Crippen molar-refractivity contribution in [1.29, 1.82) is 0 Å². The van der Waals surface area contributed by atoms with Crippen LogP contribution in [0.1, 0.15) is 19.8 Å². The van der Waals surface area contributed by atoms with Gasteiger partial charge in [0, 0.05) is 25.2 Å². The summed E-state index contributed by atoms with van der Waals surface area (Å²) < 4.78 is 10.7. The molecule has 1 heterocycles. The fraction of sp³-hybridized carbons (Fsp3) is 0.529. The van der Waals surface area contributed by atoms with Crippen LogP contribution >= 0.6 is 11.6 Å². The zero-order chi connectivity index (χ0) is 17.7. The highest BCUT2D eigenvalue weighted by molar-refractivity contribution is 6.30. The van der Waals surface area contributed by atoms with Crippen molar-refractivity contribution in [2.75, 3.05) is 26.8 Å². The highest BCUT2D eigenvalue weighted by atomic mass is 35.5. The van der Waals surface area contributed by atoms with E-state index in [2.05, 4.69) is 0 Å². The molecule has 2 rings (SSSR count). The summed E-state index contributed by atoms with van der Waals surface area (Å²) in [5.41, 5.74) is -1.06. The molecule has 6 nitrogen and oxygen atoms in total. The molecule has 1 fully saturated rings. The Labute approximate surface area is 146 Å². The van der Waals surface area contributed by atoms with Gasteiger partial charge in [0.25, 0.3) is 5.91 Å². The molecule has 0 aliphatic carbocycles. The van der Waals surface area contributed by atoms with E-state index >= 15 is 0 Å². The molecule has 0 radical (unpaired) electrons. The molecule has 2 unspecified atom stereocenters. The summed E-state index contributed by atoms with van der Waals surface area (Å²) in [6, 6.07) is 6.81. The Bertz CT molecular complexity index is 604. The van der Waals surface area contributed by atoms with Crippen molar-refractivity contribution in [2.24, 2.45) is 5.41 Å². The molecular formula is C17H22ClNO5. The van der Waals surface area contributed by atoms with E-state index in [-0.39, 0.29) is 19.1 Å². The van der Waals surface area contributed by atoms with Crippen molar-refractivity contribution in [3.8, 4) is 5.75 Å². The van der Waals surface area contributed by atoms with Gasteiger partial charge in [0.15, 0.2) is 6.10 Å². The molecule has 0 aromatic heterocycles. The third-order valence-electron chi connectivity index (χ3n) is 4.22. The lowest BCUT2D eigenvalue weighted by Gasteiger charge is -2.40. The van der Waals surface area contributed by atoms with E-state index in [1.54, 1.807) is 36.1 Å². The Morgan fingerprint density at radius 3 is 2.83 bits per heavy atom. The van der Waals surface area contributed by atoms with Gasteiger partial charge < -0.3 is 19.5 Å². The number of carbonyl (C=O) groups is 2. The predicted molar refractivity (Wildman–Crippen MR) is 89.3 cm³/mol. The molecule has 1 aromatic carbocycles. The molecule has 2 atom stereocenters. The van der Waals surface area contributed by atoms with E-state index in [1.807, 2.05) is 0 Å². The van der Waals surface area contributed by atoms with E-state index in [9.17, 15) is 14.7 Å². The highest BCUT2D eigenvalue weighted by Crippen LogP contribution is 2.31. The average Bonchev–Trinajstić information content (AvgIpc) is 2.54. The van der Waals surface area contributed by atoms with E-state index in [1.165, 1.54) is 7.11 Å². The summed E-state index contributed by atoms with van der Waals surface area (Å²) >= 11 is 5.91. The number of amides is 1. The van der Waals surface area contributed by atoms with Crippen LogP contribution in [0.15, 0.2) is 24.3 Å². The van der Waals surface area contributed by atoms with Crippen molar-refractivity contribution in [3.05, 3.63) is 29.3 Å². The van der Waals surface area contributed by atoms with Crippen molar-refractivity contribution in [1.82, 2.24) is 4.90 Å². The lowest BCUT2D eigenvalue weighted by atomic mass is 9.80. The molecular weight excluding hydrogens is 334 g/mol. The van der Waals surface area contributed by atoms with Crippen LogP contribution in [-0.4, -0.2) is 54.8 Å². The first-order valence-electron chi connectivity index (χ1n) is 7.81. The maximum Gasteiger partial charge on any atom is 0.313 e. The first kappa shape index (κ1) is 18.5. The van der Waals surface area contributed by atoms with Crippen LogP contribution in [0, 0.1) is 5.41 Å². The number of hydrogen-bond acceptors (Lipinski definition) is 4.